The van der Waals surface area contributed by atoms with Crippen LogP contribution in [0.4, 0.5) is 10.5 Å². The van der Waals surface area contributed by atoms with Gasteiger partial charge in [0.2, 0.25) is 0 Å². The van der Waals surface area contributed by atoms with Crippen LogP contribution in [0.5, 0.6) is 0 Å². The third kappa shape index (κ3) is 3.72. The number of nitrogens with zero attached hydrogens (tertiary/aromatic N) is 2. The Hall–Kier alpha value is -3.42. The summed E-state index contributed by atoms with van der Waals surface area (Å²) in [7, 11) is 0. The number of carboxylic acids is 1. The van der Waals surface area contributed by atoms with Crippen LogP contribution in [0.3, 0.4) is 0 Å². The molecular weight excluding hydrogens is 431 g/mol. The first-order chi connectivity index (χ1) is 14.3. The predicted octanol–water partition coefficient (Wildman–Crippen LogP) is 3.77. The van der Waals surface area contributed by atoms with E-state index in [-0.39, 0.29) is 22.7 Å². The Morgan fingerprint density at radius 1 is 1.07 bits per heavy atom. The SMILES string of the molecule is O=C([O-])c1ccc(Cl)c(-c2ccc(CC3=NC(=O)N(c4cccc(Cl)c4)C3=O)o2)c1. The van der Waals surface area contributed by atoms with Crippen LogP contribution in [0.15, 0.2) is 64.0 Å². The number of carboxylic acid groups (broad SMARTS) is 1. The highest BCUT2D eigenvalue weighted by Crippen LogP contribution is 2.31. The second-order valence-corrected chi connectivity index (χ2v) is 7.23. The van der Waals surface area contributed by atoms with Gasteiger partial charge >= 0.3 is 6.03 Å². The molecule has 0 spiro atoms. The van der Waals surface area contributed by atoms with Gasteiger partial charge in [0.1, 0.15) is 17.2 Å². The van der Waals surface area contributed by atoms with Gasteiger partial charge in [-0.05, 0) is 48.0 Å². The van der Waals surface area contributed by atoms with Crippen LogP contribution >= 0.6 is 23.2 Å². The molecule has 3 aromatic rings. The molecule has 1 aliphatic heterocycles. The number of rotatable bonds is 5. The number of carbonyl (C=O) groups is 3. The Morgan fingerprint density at radius 2 is 1.87 bits per heavy atom. The van der Waals surface area contributed by atoms with Crippen molar-refractivity contribution in [2.75, 3.05) is 4.90 Å². The Morgan fingerprint density at radius 3 is 2.60 bits per heavy atom. The Bertz CT molecular complexity index is 1230. The summed E-state index contributed by atoms with van der Waals surface area (Å²) in [6, 6.07) is 12.9. The van der Waals surface area contributed by atoms with Crippen molar-refractivity contribution >= 4 is 52.5 Å². The van der Waals surface area contributed by atoms with Gasteiger partial charge in [-0.15, -0.1) is 0 Å². The number of hydrogen-bond acceptors (Lipinski definition) is 5. The first-order valence-electron chi connectivity index (χ1n) is 8.65. The van der Waals surface area contributed by atoms with Crippen LogP contribution in [-0.2, 0) is 11.2 Å². The molecule has 1 aromatic heterocycles. The maximum atomic E-state index is 12.7. The summed E-state index contributed by atoms with van der Waals surface area (Å²) in [6.07, 6.45) is -0.0283. The lowest BCUT2D eigenvalue weighted by molar-refractivity contribution is -0.255. The van der Waals surface area contributed by atoms with Crippen LogP contribution < -0.4 is 10.0 Å². The van der Waals surface area contributed by atoms with Crippen molar-refractivity contribution in [3.05, 3.63) is 76.0 Å². The van der Waals surface area contributed by atoms with E-state index in [1.54, 1.807) is 30.3 Å². The highest BCUT2D eigenvalue weighted by atomic mass is 35.5. The fourth-order valence-corrected chi connectivity index (χ4v) is 3.41. The molecule has 0 saturated heterocycles. The van der Waals surface area contributed by atoms with Crippen molar-refractivity contribution < 1.29 is 23.9 Å². The normalized spacial score (nSPS) is 13.7. The minimum Gasteiger partial charge on any atom is -0.545 e. The molecule has 0 N–H and O–H groups in total. The fraction of sp³-hybridized carbons (Fsp3) is 0.0476. The quantitative estimate of drug-likeness (QED) is 0.599. The van der Waals surface area contributed by atoms with Crippen LogP contribution in [0.1, 0.15) is 16.1 Å². The molecule has 7 nitrogen and oxygen atoms in total. The second kappa shape index (κ2) is 7.78. The number of amides is 3. The topological polar surface area (TPSA) is 103 Å². The monoisotopic (exact) mass is 441 g/mol. The van der Waals surface area contributed by atoms with E-state index in [0.29, 0.717) is 27.8 Å². The standard InChI is InChI=1S/C21H12Cl2N2O5/c22-12-2-1-3-13(9-12)25-19(26)17(24-21(25)29)10-14-5-7-18(30-14)15-8-11(20(27)28)4-6-16(15)23/h1-9H,10H2,(H,27,28)/p-1. The van der Waals surface area contributed by atoms with E-state index in [9.17, 15) is 19.5 Å². The average Bonchev–Trinajstić information content (AvgIpc) is 3.26. The minimum absolute atomic E-state index is 0.00968. The number of carbonyl (C=O) groups excluding carboxylic acids is 3. The first kappa shape index (κ1) is 19.9. The van der Waals surface area contributed by atoms with Crippen LogP contribution in [0.2, 0.25) is 10.0 Å². The van der Waals surface area contributed by atoms with Crippen LogP contribution in [-0.4, -0.2) is 23.6 Å². The molecular formula is C21H11Cl2N2O5-. The number of anilines is 1. The van der Waals surface area contributed by atoms with Crippen molar-refractivity contribution in [3.8, 4) is 11.3 Å². The summed E-state index contributed by atoms with van der Waals surface area (Å²) in [6.45, 7) is 0. The van der Waals surface area contributed by atoms with Gasteiger partial charge in [-0.25, -0.2) is 9.69 Å². The number of urea groups is 1. The summed E-state index contributed by atoms with van der Waals surface area (Å²) in [4.78, 5) is 40.8. The third-order valence-electron chi connectivity index (χ3n) is 4.41. The van der Waals surface area contributed by atoms with Crippen molar-refractivity contribution in [3.63, 3.8) is 0 Å². The second-order valence-electron chi connectivity index (χ2n) is 6.39. The number of furan rings is 1. The molecule has 2 heterocycles. The molecule has 150 valence electrons. The number of aliphatic imine (C=N–C) groups is 1. The molecule has 0 atom stereocenters. The molecule has 30 heavy (non-hydrogen) atoms. The summed E-state index contributed by atoms with van der Waals surface area (Å²) >= 11 is 12.1. The van der Waals surface area contributed by atoms with Gasteiger partial charge in [0.05, 0.1) is 23.1 Å². The molecule has 1 aliphatic rings. The van der Waals surface area contributed by atoms with E-state index in [1.807, 2.05) is 0 Å². The third-order valence-corrected chi connectivity index (χ3v) is 4.97. The zero-order valence-electron chi connectivity index (χ0n) is 15.1. The van der Waals surface area contributed by atoms with E-state index in [0.717, 1.165) is 4.90 Å². The van der Waals surface area contributed by atoms with Gasteiger partial charge in [-0.1, -0.05) is 35.3 Å². The van der Waals surface area contributed by atoms with Crippen LogP contribution in [0, 0.1) is 0 Å². The van der Waals surface area contributed by atoms with Gasteiger partial charge in [-0.2, -0.15) is 4.99 Å². The van der Waals surface area contributed by atoms with E-state index in [2.05, 4.69) is 4.99 Å². The number of hydrogen-bond donors (Lipinski definition) is 0. The molecule has 2 aromatic carbocycles. The van der Waals surface area contributed by atoms with E-state index < -0.39 is 17.9 Å². The summed E-state index contributed by atoms with van der Waals surface area (Å²) in [5.41, 5.74) is 0.643. The Balaban J connectivity index is 1.57. The van der Waals surface area contributed by atoms with Gasteiger partial charge < -0.3 is 14.3 Å². The zero-order valence-corrected chi connectivity index (χ0v) is 16.6. The molecule has 0 fully saturated rings. The Kier molecular flexibility index (Phi) is 5.15. The van der Waals surface area contributed by atoms with E-state index in [4.69, 9.17) is 27.6 Å². The first-order valence-corrected chi connectivity index (χ1v) is 9.40. The maximum Gasteiger partial charge on any atom is 0.355 e. The molecule has 3 amide bonds. The number of halogens is 2. The molecule has 0 radical (unpaired) electrons. The summed E-state index contributed by atoms with van der Waals surface area (Å²) in [5.74, 6) is -1.25. The van der Waals surface area contributed by atoms with E-state index >= 15 is 0 Å². The van der Waals surface area contributed by atoms with Gasteiger partial charge in [0.25, 0.3) is 5.91 Å². The lowest BCUT2D eigenvalue weighted by Crippen LogP contribution is -2.33. The Labute approximate surface area is 180 Å². The van der Waals surface area contributed by atoms with Crippen molar-refractivity contribution in [2.24, 2.45) is 4.99 Å². The van der Waals surface area contributed by atoms with Gasteiger partial charge in [-0.3, -0.25) is 4.79 Å². The molecule has 0 aliphatic carbocycles. The zero-order chi connectivity index (χ0) is 21.4. The van der Waals surface area contributed by atoms with Crippen LogP contribution in [0.25, 0.3) is 11.3 Å². The van der Waals surface area contributed by atoms with Crippen molar-refractivity contribution in [1.29, 1.82) is 0 Å². The molecule has 0 unspecified atom stereocenters. The highest BCUT2D eigenvalue weighted by molar-refractivity contribution is 6.54. The summed E-state index contributed by atoms with van der Waals surface area (Å²) < 4.78 is 5.71. The number of benzene rings is 2. The van der Waals surface area contributed by atoms with Crippen molar-refractivity contribution in [1.82, 2.24) is 0 Å². The lowest BCUT2D eigenvalue weighted by atomic mass is 10.1. The molecule has 4 rings (SSSR count). The predicted molar refractivity (Wildman–Crippen MR) is 109 cm³/mol. The summed E-state index contributed by atoms with van der Waals surface area (Å²) in [5, 5.41) is 11.8. The van der Waals surface area contributed by atoms with E-state index in [1.165, 1.54) is 24.3 Å². The minimum atomic E-state index is -1.34. The fourth-order valence-electron chi connectivity index (χ4n) is 3.01. The lowest BCUT2D eigenvalue weighted by Gasteiger charge is -2.12. The van der Waals surface area contributed by atoms with Crippen molar-refractivity contribution in [2.45, 2.75) is 6.42 Å². The smallest absolute Gasteiger partial charge is 0.355 e. The molecule has 0 bridgehead atoms. The number of aromatic carboxylic acids is 1. The van der Waals surface area contributed by atoms with Gasteiger partial charge in [0.15, 0.2) is 0 Å². The number of imide groups is 1. The largest absolute Gasteiger partial charge is 0.545 e. The molecule has 9 heteroatoms. The maximum absolute atomic E-state index is 12.7. The molecule has 0 saturated carbocycles. The average molecular weight is 442 g/mol. The highest BCUT2D eigenvalue weighted by Gasteiger charge is 2.34. The van der Waals surface area contributed by atoms with Gasteiger partial charge in [0, 0.05) is 10.6 Å².